The molecular formula is C16H16N2O. The highest BCUT2D eigenvalue weighted by Gasteiger charge is 2.20. The Labute approximate surface area is 112 Å². The summed E-state index contributed by atoms with van der Waals surface area (Å²) in [5.74, 6) is -0.313. The van der Waals surface area contributed by atoms with Crippen LogP contribution in [0.25, 0.3) is 0 Å². The molecule has 3 rings (SSSR count). The Bertz CT molecular complexity index is 574. The fourth-order valence-corrected chi connectivity index (χ4v) is 2.70. The van der Waals surface area contributed by atoms with Crippen molar-refractivity contribution in [3.05, 3.63) is 59.7 Å². The lowest BCUT2D eigenvalue weighted by molar-refractivity contribution is -0.116. The highest BCUT2D eigenvalue weighted by atomic mass is 16.1. The van der Waals surface area contributed by atoms with E-state index >= 15 is 0 Å². The Morgan fingerprint density at radius 1 is 0.947 bits per heavy atom. The zero-order valence-electron chi connectivity index (χ0n) is 10.7. The van der Waals surface area contributed by atoms with E-state index in [1.807, 2.05) is 29.2 Å². The highest BCUT2D eigenvalue weighted by Crippen LogP contribution is 2.35. The molecule has 1 aliphatic heterocycles. The molecule has 2 aromatic rings. The molecule has 0 saturated heterocycles. The third kappa shape index (κ3) is 2.19. The Balaban J connectivity index is 2.16. The van der Waals surface area contributed by atoms with Crippen molar-refractivity contribution in [2.45, 2.75) is 12.8 Å². The summed E-state index contributed by atoms with van der Waals surface area (Å²) < 4.78 is 0. The van der Waals surface area contributed by atoms with Crippen molar-refractivity contribution in [2.24, 2.45) is 5.73 Å². The average molecular weight is 252 g/mol. The zero-order valence-corrected chi connectivity index (χ0v) is 10.7. The standard InChI is InChI=1S/C16H16N2O/c17-16(19)11-18-14-7-3-1-5-12(14)9-10-13-6-2-4-8-15(13)18/h1-8H,9-11H2,(H2,17,19). The summed E-state index contributed by atoms with van der Waals surface area (Å²) in [6.07, 6.45) is 1.98. The quantitative estimate of drug-likeness (QED) is 0.892. The lowest BCUT2D eigenvalue weighted by Gasteiger charge is -2.25. The van der Waals surface area contributed by atoms with Gasteiger partial charge in [-0.3, -0.25) is 4.79 Å². The van der Waals surface area contributed by atoms with Gasteiger partial charge in [-0.1, -0.05) is 36.4 Å². The zero-order chi connectivity index (χ0) is 13.2. The van der Waals surface area contributed by atoms with Gasteiger partial charge in [-0.15, -0.1) is 0 Å². The molecule has 1 aliphatic rings. The number of fused-ring (bicyclic) bond motifs is 2. The summed E-state index contributed by atoms with van der Waals surface area (Å²) in [6, 6.07) is 16.4. The molecule has 0 spiro atoms. The number of carbonyl (C=O) groups excluding carboxylic acids is 1. The summed E-state index contributed by atoms with van der Waals surface area (Å²) in [7, 11) is 0. The van der Waals surface area contributed by atoms with Crippen molar-refractivity contribution in [3.63, 3.8) is 0 Å². The molecule has 3 nitrogen and oxygen atoms in total. The van der Waals surface area contributed by atoms with Gasteiger partial charge in [0.25, 0.3) is 0 Å². The Kier molecular flexibility index (Phi) is 2.95. The number of anilines is 2. The van der Waals surface area contributed by atoms with Crippen molar-refractivity contribution in [1.29, 1.82) is 0 Å². The number of hydrogen-bond acceptors (Lipinski definition) is 2. The van der Waals surface area contributed by atoms with E-state index in [2.05, 4.69) is 24.3 Å². The predicted octanol–water partition coefficient (Wildman–Crippen LogP) is 2.41. The number of hydrogen-bond donors (Lipinski definition) is 1. The Hall–Kier alpha value is -2.29. The van der Waals surface area contributed by atoms with Crippen LogP contribution in [0.15, 0.2) is 48.5 Å². The maximum Gasteiger partial charge on any atom is 0.237 e. The number of rotatable bonds is 2. The lowest BCUT2D eigenvalue weighted by atomic mass is 10.0. The summed E-state index contributed by atoms with van der Waals surface area (Å²) >= 11 is 0. The second kappa shape index (κ2) is 4.76. The predicted molar refractivity (Wildman–Crippen MR) is 76.5 cm³/mol. The second-order valence-electron chi connectivity index (χ2n) is 4.81. The monoisotopic (exact) mass is 252 g/mol. The van der Waals surface area contributed by atoms with E-state index < -0.39 is 0 Å². The molecule has 2 N–H and O–H groups in total. The molecule has 1 amide bonds. The molecule has 0 bridgehead atoms. The first kappa shape index (κ1) is 11.8. The van der Waals surface area contributed by atoms with Gasteiger partial charge < -0.3 is 10.6 Å². The minimum Gasteiger partial charge on any atom is -0.368 e. The maximum atomic E-state index is 11.4. The van der Waals surface area contributed by atoms with Crippen LogP contribution in [0.1, 0.15) is 11.1 Å². The van der Waals surface area contributed by atoms with Gasteiger partial charge in [-0.2, -0.15) is 0 Å². The molecule has 19 heavy (non-hydrogen) atoms. The van der Waals surface area contributed by atoms with E-state index in [0.717, 1.165) is 24.2 Å². The van der Waals surface area contributed by atoms with Crippen molar-refractivity contribution >= 4 is 17.3 Å². The molecule has 3 heteroatoms. The SMILES string of the molecule is NC(=O)CN1c2ccccc2CCc2ccccc21. The van der Waals surface area contributed by atoms with E-state index in [9.17, 15) is 4.79 Å². The number of carbonyl (C=O) groups is 1. The number of nitrogens with two attached hydrogens (primary N) is 1. The molecule has 0 saturated carbocycles. The molecule has 2 aromatic carbocycles. The first-order valence-electron chi connectivity index (χ1n) is 6.47. The first-order chi connectivity index (χ1) is 9.25. The third-order valence-electron chi connectivity index (χ3n) is 3.54. The fourth-order valence-electron chi connectivity index (χ4n) is 2.70. The van der Waals surface area contributed by atoms with Gasteiger partial charge in [-0.05, 0) is 36.1 Å². The number of aryl methyl sites for hydroxylation is 2. The van der Waals surface area contributed by atoms with Gasteiger partial charge in [0.05, 0.1) is 0 Å². The number of benzene rings is 2. The van der Waals surface area contributed by atoms with Crippen LogP contribution in [0.2, 0.25) is 0 Å². The van der Waals surface area contributed by atoms with E-state index in [4.69, 9.17) is 5.73 Å². The van der Waals surface area contributed by atoms with Crippen LogP contribution in [0, 0.1) is 0 Å². The van der Waals surface area contributed by atoms with E-state index in [0.29, 0.717) is 0 Å². The van der Waals surface area contributed by atoms with E-state index in [-0.39, 0.29) is 12.5 Å². The number of para-hydroxylation sites is 2. The molecule has 1 heterocycles. The van der Waals surface area contributed by atoms with Gasteiger partial charge in [0.15, 0.2) is 0 Å². The minimum atomic E-state index is -0.313. The van der Waals surface area contributed by atoms with E-state index in [1.165, 1.54) is 11.1 Å². The third-order valence-corrected chi connectivity index (χ3v) is 3.54. The molecular weight excluding hydrogens is 236 g/mol. The molecule has 0 aliphatic carbocycles. The number of primary amides is 1. The van der Waals surface area contributed by atoms with Gasteiger partial charge in [-0.25, -0.2) is 0 Å². The normalized spacial score (nSPS) is 13.4. The fraction of sp³-hybridized carbons (Fsp3) is 0.188. The lowest BCUT2D eigenvalue weighted by Crippen LogP contribution is -2.30. The van der Waals surface area contributed by atoms with Gasteiger partial charge >= 0.3 is 0 Å². The van der Waals surface area contributed by atoms with Gasteiger partial charge in [0.2, 0.25) is 5.91 Å². The largest absolute Gasteiger partial charge is 0.368 e. The Morgan fingerprint density at radius 2 is 1.42 bits per heavy atom. The topological polar surface area (TPSA) is 46.3 Å². The maximum absolute atomic E-state index is 11.4. The molecule has 96 valence electrons. The molecule has 0 fully saturated rings. The molecule has 0 radical (unpaired) electrons. The summed E-state index contributed by atoms with van der Waals surface area (Å²) in [5.41, 5.74) is 10.1. The molecule has 0 unspecified atom stereocenters. The Morgan fingerprint density at radius 3 is 1.89 bits per heavy atom. The number of amides is 1. The summed E-state index contributed by atoms with van der Waals surface area (Å²) in [6.45, 7) is 0.216. The van der Waals surface area contributed by atoms with Gasteiger partial charge in [0.1, 0.15) is 6.54 Å². The van der Waals surface area contributed by atoms with Gasteiger partial charge in [0, 0.05) is 11.4 Å². The smallest absolute Gasteiger partial charge is 0.237 e. The highest BCUT2D eigenvalue weighted by molar-refractivity contribution is 5.84. The first-order valence-corrected chi connectivity index (χ1v) is 6.47. The van der Waals surface area contributed by atoms with Crippen LogP contribution in [0.5, 0.6) is 0 Å². The van der Waals surface area contributed by atoms with Crippen molar-refractivity contribution in [2.75, 3.05) is 11.4 Å². The summed E-state index contributed by atoms with van der Waals surface area (Å²) in [5, 5.41) is 0. The molecule has 0 atom stereocenters. The number of nitrogens with zero attached hydrogens (tertiary/aromatic N) is 1. The van der Waals surface area contributed by atoms with Crippen LogP contribution in [0.3, 0.4) is 0 Å². The van der Waals surface area contributed by atoms with E-state index in [1.54, 1.807) is 0 Å². The van der Waals surface area contributed by atoms with Crippen LogP contribution in [-0.4, -0.2) is 12.5 Å². The van der Waals surface area contributed by atoms with Crippen molar-refractivity contribution in [3.8, 4) is 0 Å². The van der Waals surface area contributed by atoms with Crippen LogP contribution in [0.4, 0.5) is 11.4 Å². The molecule has 0 aromatic heterocycles. The van der Waals surface area contributed by atoms with Crippen LogP contribution >= 0.6 is 0 Å². The average Bonchev–Trinajstić information content (AvgIpc) is 2.57. The summed E-state index contributed by atoms with van der Waals surface area (Å²) in [4.78, 5) is 13.4. The van der Waals surface area contributed by atoms with Crippen molar-refractivity contribution < 1.29 is 4.79 Å². The van der Waals surface area contributed by atoms with Crippen molar-refractivity contribution in [1.82, 2.24) is 0 Å². The van der Waals surface area contributed by atoms with Crippen LogP contribution in [-0.2, 0) is 17.6 Å². The van der Waals surface area contributed by atoms with Crippen LogP contribution < -0.4 is 10.6 Å². The minimum absolute atomic E-state index is 0.216. The second-order valence-corrected chi connectivity index (χ2v) is 4.81.